The van der Waals surface area contributed by atoms with Gasteiger partial charge >= 0.3 is 0 Å². The van der Waals surface area contributed by atoms with Crippen LogP contribution in [-0.4, -0.2) is 36.1 Å². The first kappa shape index (κ1) is 12.9. The minimum absolute atomic E-state index is 0.215. The van der Waals surface area contributed by atoms with Gasteiger partial charge in [-0.2, -0.15) is 0 Å². The molecule has 0 bridgehead atoms. The van der Waals surface area contributed by atoms with Crippen molar-refractivity contribution in [2.75, 3.05) is 20.3 Å². The van der Waals surface area contributed by atoms with Gasteiger partial charge in [-0.15, -0.1) is 0 Å². The van der Waals surface area contributed by atoms with Crippen LogP contribution in [0.15, 0.2) is 12.4 Å². The molecule has 0 fully saturated rings. The monoisotopic (exact) mass is 243 g/mol. The van der Waals surface area contributed by atoms with E-state index in [0.29, 0.717) is 13.2 Å². The highest BCUT2D eigenvalue weighted by atomic mass is 35.5. The molecule has 0 aromatic carbocycles. The molecule has 88 valence electrons. The zero-order valence-electron chi connectivity index (χ0n) is 9.07. The fourth-order valence-electron chi connectivity index (χ4n) is 1.12. The third kappa shape index (κ3) is 4.55. The lowest BCUT2D eigenvalue weighted by atomic mass is 10.3. The van der Waals surface area contributed by atoms with Crippen molar-refractivity contribution in [2.45, 2.75) is 12.8 Å². The van der Waals surface area contributed by atoms with Crippen molar-refractivity contribution in [3.8, 4) is 0 Å². The highest BCUT2D eigenvalue weighted by Gasteiger charge is 2.06. The maximum absolute atomic E-state index is 11.5. The number of carbonyl (C=O) groups is 1. The molecule has 0 atom stereocenters. The Hall–Kier alpha value is -1.20. The van der Waals surface area contributed by atoms with Crippen LogP contribution in [0.3, 0.4) is 0 Å². The van der Waals surface area contributed by atoms with E-state index in [0.717, 1.165) is 12.8 Å². The maximum atomic E-state index is 11.5. The number of ether oxygens (including phenoxy) is 1. The molecule has 0 aliphatic heterocycles. The number of hydrogen-bond acceptors (Lipinski definition) is 4. The summed E-state index contributed by atoms with van der Waals surface area (Å²) >= 11 is 5.62. The smallest absolute Gasteiger partial charge is 0.271 e. The lowest BCUT2D eigenvalue weighted by molar-refractivity contribution is 0.0946. The number of hydrogen-bond donors (Lipinski definition) is 1. The number of methoxy groups -OCH3 is 1. The van der Waals surface area contributed by atoms with Gasteiger partial charge in [0.2, 0.25) is 0 Å². The Morgan fingerprint density at radius 2 is 2.31 bits per heavy atom. The van der Waals surface area contributed by atoms with Crippen molar-refractivity contribution >= 4 is 17.5 Å². The van der Waals surface area contributed by atoms with Gasteiger partial charge in [0.25, 0.3) is 5.91 Å². The third-order valence-electron chi connectivity index (χ3n) is 1.90. The molecular formula is C10H14ClN3O2. The molecule has 0 saturated heterocycles. The Kier molecular flexibility index (Phi) is 5.74. The standard InChI is InChI=1S/C10H14ClN3O2/c1-16-5-3-2-4-13-10(15)8-6-12-7-9(11)14-8/h6-7H,2-5H2,1H3,(H,13,15). The van der Waals surface area contributed by atoms with Gasteiger partial charge in [0.15, 0.2) is 0 Å². The summed E-state index contributed by atoms with van der Waals surface area (Å²) in [5, 5.41) is 2.94. The zero-order valence-corrected chi connectivity index (χ0v) is 9.83. The first-order valence-corrected chi connectivity index (χ1v) is 5.36. The zero-order chi connectivity index (χ0) is 11.8. The Balaban J connectivity index is 2.30. The summed E-state index contributed by atoms with van der Waals surface area (Å²) in [7, 11) is 1.65. The van der Waals surface area contributed by atoms with Crippen LogP contribution in [-0.2, 0) is 4.74 Å². The van der Waals surface area contributed by atoms with Crippen LogP contribution in [0.5, 0.6) is 0 Å². The van der Waals surface area contributed by atoms with Gasteiger partial charge in [0.05, 0.1) is 12.4 Å². The molecule has 6 heteroatoms. The van der Waals surface area contributed by atoms with Crippen molar-refractivity contribution in [1.29, 1.82) is 0 Å². The largest absolute Gasteiger partial charge is 0.385 e. The number of carbonyl (C=O) groups excluding carboxylic acids is 1. The van der Waals surface area contributed by atoms with Crippen molar-refractivity contribution in [1.82, 2.24) is 15.3 Å². The summed E-state index contributed by atoms with van der Waals surface area (Å²) in [4.78, 5) is 19.2. The molecule has 0 aliphatic rings. The van der Waals surface area contributed by atoms with Crippen molar-refractivity contribution in [3.63, 3.8) is 0 Å². The van der Waals surface area contributed by atoms with Crippen LogP contribution in [0.2, 0.25) is 5.15 Å². The molecule has 0 aliphatic carbocycles. The molecule has 1 aromatic heterocycles. The van der Waals surface area contributed by atoms with Gasteiger partial charge in [-0.1, -0.05) is 11.6 Å². The van der Waals surface area contributed by atoms with Crippen molar-refractivity contribution in [2.24, 2.45) is 0 Å². The lowest BCUT2D eigenvalue weighted by Crippen LogP contribution is -2.25. The third-order valence-corrected chi connectivity index (χ3v) is 2.08. The second kappa shape index (κ2) is 7.14. The molecule has 0 spiro atoms. The summed E-state index contributed by atoms with van der Waals surface area (Å²) in [6.45, 7) is 1.29. The van der Waals surface area contributed by atoms with Gasteiger partial charge in [-0.3, -0.25) is 9.78 Å². The Morgan fingerprint density at radius 3 is 3.00 bits per heavy atom. The summed E-state index contributed by atoms with van der Waals surface area (Å²) < 4.78 is 4.90. The molecule has 1 aromatic rings. The molecule has 1 rings (SSSR count). The van der Waals surface area contributed by atoms with E-state index in [1.807, 2.05) is 0 Å². The molecule has 16 heavy (non-hydrogen) atoms. The number of nitrogens with zero attached hydrogens (tertiary/aromatic N) is 2. The molecular weight excluding hydrogens is 230 g/mol. The second-order valence-corrected chi connectivity index (χ2v) is 3.57. The highest BCUT2D eigenvalue weighted by molar-refractivity contribution is 6.29. The SMILES string of the molecule is COCCCCNC(=O)c1cncc(Cl)n1. The normalized spacial score (nSPS) is 10.1. The fourth-order valence-corrected chi connectivity index (χ4v) is 1.26. The van der Waals surface area contributed by atoms with Crippen LogP contribution in [0, 0.1) is 0 Å². The number of amides is 1. The first-order chi connectivity index (χ1) is 7.74. The van der Waals surface area contributed by atoms with E-state index in [9.17, 15) is 4.79 Å². The number of unbranched alkanes of at least 4 members (excludes halogenated alkanes) is 1. The topological polar surface area (TPSA) is 64.1 Å². The summed E-state index contributed by atoms with van der Waals surface area (Å²) in [6, 6.07) is 0. The second-order valence-electron chi connectivity index (χ2n) is 3.18. The minimum atomic E-state index is -0.257. The van der Waals surface area contributed by atoms with Crippen molar-refractivity contribution in [3.05, 3.63) is 23.2 Å². The molecule has 1 heterocycles. The van der Waals surface area contributed by atoms with Crippen LogP contribution < -0.4 is 5.32 Å². The van der Waals surface area contributed by atoms with Crippen LogP contribution in [0.4, 0.5) is 0 Å². The van der Waals surface area contributed by atoms with E-state index in [-0.39, 0.29) is 16.8 Å². The Bertz CT molecular complexity index is 347. The maximum Gasteiger partial charge on any atom is 0.271 e. The summed E-state index contributed by atoms with van der Waals surface area (Å²) in [5.41, 5.74) is 0.235. The quantitative estimate of drug-likeness (QED) is 0.765. The van der Waals surface area contributed by atoms with Gasteiger partial charge in [-0.25, -0.2) is 4.98 Å². The summed E-state index contributed by atoms with van der Waals surface area (Å²) in [5.74, 6) is -0.257. The van der Waals surface area contributed by atoms with E-state index in [2.05, 4.69) is 15.3 Å². The van der Waals surface area contributed by atoms with E-state index >= 15 is 0 Å². The van der Waals surface area contributed by atoms with E-state index in [1.54, 1.807) is 7.11 Å². The van der Waals surface area contributed by atoms with E-state index in [4.69, 9.17) is 16.3 Å². The molecule has 1 N–H and O–H groups in total. The van der Waals surface area contributed by atoms with E-state index < -0.39 is 0 Å². The van der Waals surface area contributed by atoms with Crippen LogP contribution >= 0.6 is 11.6 Å². The first-order valence-electron chi connectivity index (χ1n) is 4.98. The van der Waals surface area contributed by atoms with Crippen molar-refractivity contribution < 1.29 is 9.53 Å². The minimum Gasteiger partial charge on any atom is -0.385 e. The number of nitrogens with one attached hydrogen (secondary N) is 1. The van der Waals surface area contributed by atoms with Gasteiger partial charge in [-0.05, 0) is 12.8 Å². The lowest BCUT2D eigenvalue weighted by Gasteiger charge is -2.04. The van der Waals surface area contributed by atoms with Gasteiger partial charge in [0.1, 0.15) is 10.8 Å². The molecule has 1 amide bonds. The van der Waals surface area contributed by atoms with Crippen LogP contribution in [0.1, 0.15) is 23.3 Å². The highest BCUT2D eigenvalue weighted by Crippen LogP contribution is 2.02. The fraction of sp³-hybridized carbons (Fsp3) is 0.500. The Morgan fingerprint density at radius 1 is 1.50 bits per heavy atom. The average Bonchev–Trinajstić information content (AvgIpc) is 2.28. The average molecular weight is 244 g/mol. The summed E-state index contributed by atoms with van der Waals surface area (Å²) in [6.07, 6.45) is 4.55. The van der Waals surface area contributed by atoms with Crippen LogP contribution in [0.25, 0.3) is 0 Å². The number of aromatic nitrogens is 2. The number of rotatable bonds is 6. The molecule has 5 nitrogen and oxygen atoms in total. The Labute approximate surface area is 99.2 Å². The predicted octanol–water partition coefficient (Wildman–Crippen LogP) is 1.29. The van der Waals surface area contributed by atoms with Gasteiger partial charge in [0, 0.05) is 20.3 Å². The molecule has 0 saturated carbocycles. The number of halogens is 1. The van der Waals surface area contributed by atoms with E-state index in [1.165, 1.54) is 12.4 Å². The van der Waals surface area contributed by atoms with Gasteiger partial charge < -0.3 is 10.1 Å². The molecule has 0 radical (unpaired) electrons. The molecule has 0 unspecified atom stereocenters. The predicted molar refractivity (Wildman–Crippen MR) is 60.5 cm³/mol.